The fraction of sp³-hybridized carbons (Fsp3) is 0.200. The molecule has 0 saturated carbocycles. The third-order valence-electron chi connectivity index (χ3n) is 1.62. The Morgan fingerprint density at radius 1 is 1.64 bits per heavy atom. The van der Waals surface area contributed by atoms with Crippen molar-refractivity contribution in [2.24, 2.45) is 5.10 Å². The second-order valence-electron chi connectivity index (χ2n) is 2.64. The van der Waals surface area contributed by atoms with Crippen molar-refractivity contribution in [1.29, 1.82) is 0 Å². The number of hydrogen-bond donors (Lipinski definition) is 1. The lowest BCUT2D eigenvalue weighted by molar-refractivity contribution is 0.0953. The number of rotatable bonds is 3. The minimum atomic E-state index is -0.267. The highest BCUT2D eigenvalue weighted by atomic mass is 16.3. The van der Waals surface area contributed by atoms with Crippen molar-refractivity contribution in [3.63, 3.8) is 0 Å². The predicted octanol–water partition coefficient (Wildman–Crippen LogP) is 1.88. The molecular weight excluding hydrogens is 180 g/mol. The molecule has 4 nitrogen and oxygen atoms in total. The number of aryl methyl sites for hydroxylation is 1. The average Bonchev–Trinajstić information content (AvgIpc) is 2.59. The van der Waals surface area contributed by atoms with Crippen molar-refractivity contribution >= 4 is 12.1 Å². The molecule has 1 heterocycles. The van der Waals surface area contributed by atoms with Crippen LogP contribution in [0.3, 0.4) is 0 Å². The number of hydrogen-bond acceptors (Lipinski definition) is 3. The van der Waals surface area contributed by atoms with Crippen molar-refractivity contribution in [1.82, 2.24) is 5.43 Å². The van der Waals surface area contributed by atoms with Crippen LogP contribution in [0.5, 0.6) is 0 Å². The second kappa shape index (κ2) is 5.01. The zero-order chi connectivity index (χ0) is 10.4. The van der Waals surface area contributed by atoms with Gasteiger partial charge in [-0.3, -0.25) is 4.79 Å². The van der Waals surface area contributed by atoms with Crippen molar-refractivity contribution in [2.45, 2.75) is 13.8 Å². The van der Waals surface area contributed by atoms with Crippen molar-refractivity contribution < 1.29 is 9.21 Å². The summed E-state index contributed by atoms with van der Waals surface area (Å²) in [7, 11) is 0. The molecule has 0 aliphatic carbocycles. The maximum absolute atomic E-state index is 11.4. The molecule has 74 valence electrons. The summed E-state index contributed by atoms with van der Waals surface area (Å²) in [5.41, 5.74) is 2.88. The number of carbonyl (C=O) groups is 1. The lowest BCUT2D eigenvalue weighted by atomic mass is 10.2. The van der Waals surface area contributed by atoms with E-state index in [4.69, 9.17) is 4.42 Å². The molecule has 14 heavy (non-hydrogen) atoms. The molecule has 0 aliphatic heterocycles. The van der Waals surface area contributed by atoms with E-state index < -0.39 is 0 Å². The van der Waals surface area contributed by atoms with Gasteiger partial charge in [-0.05, 0) is 26.0 Å². The summed E-state index contributed by atoms with van der Waals surface area (Å²) in [5.74, 6) is 0.320. The number of furan rings is 1. The summed E-state index contributed by atoms with van der Waals surface area (Å²) in [6, 6.07) is 1.61. The number of nitrogens with zero attached hydrogens (tertiary/aromatic N) is 1. The summed E-state index contributed by atoms with van der Waals surface area (Å²) < 4.78 is 4.99. The van der Waals surface area contributed by atoms with Crippen LogP contribution in [-0.4, -0.2) is 12.1 Å². The molecule has 0 radical (unpaired) electrons. The molecule has 1 aromatic rings. The average molecular weight is 192 g/mol. The van der Waals surface area contributed by atoms with E-state index in [0.29, 0.717) is 11.3 Å². The minimum absolute atomic E-state index is 0.267. The Balaban J connectivity index is 2.56. The van der Waals surface area contributed by atoms with Gasteiger partial charge in [0.05, 0.1) is 11.8 Å². The van der Waals surface area contributed by atoms with Crippen LogP contribution >= 0.6 is 0 Å². The summed E-state index contributed by atoms with van der Waals surface area (Å²) in [6.07, 6.45) is 6.52. The van der Waals surface area contributed by atoms with E-state index in [1.165, 1.54) is 12.5 Å². The molecule has 0 bridgehead atoms. The summed E-state index contributed by atoms with van der Waals surface area (Å²) in [4.78, 5) is 11.4. The quantitative estimate of drug-likeness (QED) is 0.587. The third kappa shape index (κ3) is 2.58. The molecule has 0 unspecified atom stereocenters. The lowest BCUT2D eigenvalue weighted by Gasteiger charge is -1.95. The van der Waals surface area contributed by atoms with Gasteiger partial charge < -0.3 is 4.42 Å². The molecule has 0 fully saturated rings. The predicted molar refractivity (Wildman–Crippen MR) is 54.2 cm³/mol. The van der Waals surface area contributed by atoms with E-state index in [9.17, 15) is 4.79 Å². The molecule has 4 heteroatoms. The molecule has 1 aromatic heterocycles. The molecule has 0 aromatic carbocycles. The zero-order valence-electron chi connectivity index (χ0n) is 8.15. The van der Waals surface area contributed by atoms with E-state index in [0.717, 1.165) is 0 Å². The van der Waals surface area contributed by atoms with Gasteiger partial charge >= 0.3 is 0 Å². The highest BCUT2D eigenvalue weighted by molar-refractivity contribution is 5.95. The van der Waals surface area contributed by atoms with Crippen LogP contribution in [0.1, 0.15) is 23.0 Å². The van der Waals surface area contributed by atoms with Gasteiger partial charge in [0, 0.05) is 6.21 Å². The number of carbonyl (C=O) groups excluding carboxylic acids is 1. The Morgan fingerprint density at radius 2 is 2.43 bits per heavy atom. The smallest absolute Gasteiger partial charge is 0.274 e. The molecule has 0 aliphatic rings. The number of hydrazone groups is 1. The van der Waals surface area contributed by atoms with Gasteiger partial charge in [0.15, 0.2) is 0 Å². The molecule has 1 rings (SSSR count). The number of amides is 1. The standard InChI is InChI=1S/C10H12N2O2/c1-3-4-6-11-12-10(13)9-5-7-14-8(9)2/h3-7H,1-2H3,(H,12,13)/b4-3+,11-6+. The fourth-order valence-corrected chi connectivity index (χ4v) is 0.906. The number of allylic oxidation sites excluding steroid dienone is 2. The van der Waals surface area contributed by atoms with Crippen LogP contribution in [0.25, 0.3) is 0 Å². The minimum Gasteiger partial charge on any atom is -0.469 e. The van der Waals surface area contributed by atoms with Crippen LogP contribution < -0.4 is 5.43 Å². The Kier molecular flexibility index (Phi) is 3.67. The summed E-state index contributed by atoms with van der Waals surface area (Å²) in [6.45, 7) is 3.60. The monoisotopic (exact) mass is 192 g/mol. The van der Waals surface area contributed by atoms with Crippen LogP contribution in [0.4, 0.5) is 0 Å². The molecule has 0 atom stereocenters. The van der Waals surface area contributed by atoms with Crippen LogP contribution in [0.15, 0.2) is 34.0 Å². The summed E-state index contributed by atoms with van der Waals surface area (Å²) >= 11 is 0. The van der Waals surface area contributed by atoms with Gasteiger partial charge in [0.1, 0.15) is 5.76 Å². The maximum atomic E-state index is 11.4. The molecule has 0 spiro atoms. The van der Waals surface area contributed by atoms with Crippen LogP contribution in [0, 0.1) is 6.92 Å². The van der Waals surface area contributed by atoms with Gasteiger partial charge in [-0.1, -0.05) is 6.08 Å². The fourth-order valence-electron chi connectivity index (χ4n) is 0.906. The van der Waals surface area contributed by atoms with E-state index in [1.54, 1.807) is 19.1 Å². The second-order valence-corrected chi connectivity index (χ2v) is 2.64. The van der Waals surface area contributed by atoms with E-state index in [-0.39, 0.29) is 5.91 Å². The molecule has 0 saturated heterocycles. The molecular formula is C10H12N2O2. The highest BCUT2D eigenvalue weighted by Gasteiger charge is 2.09. The van der Waals surface area contributed by atoms with Gasteiger partial charge in [0.2, 0.25) is 0 Å². The Labute approximate surface area is 82.3 Å². The van der Waals surface area contributed by atoms with E-state index in [1.807, 2.05) is 13.0 Å². The first-order valence-electron chi connectivity index (χ1n) is 4.24. The van der Waals surface area contributed by atoms with Gasteiger partial charge in [-0.15, -0.1) is 0 Å². The van der Waals surface area contributed by atoms with Crippen molar-refractivity contribution in [3.05, 3.63) is 35.8 Å². The molecule has 1 N–H and O–H groups in total. The van der Waals surface area contributed by atoms with Gasteiger partial charge in [-0.2, -0.15) is 5.10 Å². The number of nitrogens with one attached hydrogen (secondary N) is 1. The largest absolute Gasteiger partial charge is 0.469 e. The normalized spacial score (nSPS) is 11.3. The van der Waals surface area contributed by atoms with E-state index in [2.05, 4.69) is 10.5 Å². The first-order chi connectivity index (χ1) is 6.75. The first kappa shape index (κ1) is 10.2. The Hall–Kier alpha value is -1.84. The summed E-state index contributed by atoms with van der Waals surface area (Å²) in [5, 5.41) is 3.71. The van der Waals surface area contributed by atoms with Gasteiger partial charge in [0.25, 0.3) is 5.91 Å². The zero-order valence-corrected chi connectivity index (χ0v) is 8.15. The van der Waals surface area contributed by atoms with Crippen LogP contribution in [-0.2, 0) is 0 Å². The molecule has 1 amide bonds. The van der Waals surface area contributed by atoms with E-state index >= 15 is 0 Å². The first-order valence-corrected chi connectivity index (χ1v) is 4.24. The SMILES string of the molecule is C/C=C/C=N/NC(=O)c1ccoc1C. The Morgan fingerprint density at radius 3 is 3.00 bits per heavy atom. The van der Waals surface area contributed by atoms with Gasteiger partial charge in [-0.25, -0.2) is 5.43 Å². The Bertz CT molecular complexity index is 364. The highest BCUT2D eigenvalue weighted by Crippen LogP contribution is 2.07. The third-order valence-corrected chi connectivity index (χ3v) is 1.62. The van der Waals surface area contributed by atoms with Crippen LogP contribution in [0.2, 0.25) is 0 Å². The maximum Gasteiger partial charge on any atom is 0.274 e. The van der Waals surface area contributed by atoms with Crippen molar-refractivity contribution in [2.75, 3.05) is 0 Å². The topological polar surface area (TPSA) is 54.6 Å². The lowest BCUT2D eigenvalue weighted by Crippen LogP contribution is -2.17. The van der Waals surface area contributed by atoms with Crippen molar-refractivity contribution in [3.8, 4) is 0 Å².